The third-order valence-corrected chi connectivity index (χ3v) is 12.8. The number of benzene rings is 7. The predicted octanol–water partition coefficient (Wildman–Crippen LogP) is 13.1. The SMILES string of the molecule is CCCc1cc2c(cc1-c1ccccc1C)Bc1c(-c3cccc4c3Nc3ccccc3C4(C)C)cc(-c3ccc#cc3C)cc1N2c1ccccc1-c1ccccc1. The lowest BCUT2D eigenvalue weighted by Crippen LogP contribution is -2.41. The van der Waals surface area contributed by atoms with E-state index in [1.54, 1.807) is 0 Å². The smallest absolute Gasteiger partial charge is 0.198 e. The number of aryl methyl sites for hydroxylation is 2. The molecule has 0 aliphatic carbocycles. The molecule has 10 rings (SSSR count). The fourth-order valence-electron chi connectivity index (χ4n) is 9.81. The largest absolute Gasteiger partial charge is 0.355 e. The van der Waals surface area contributed by atoms with Gasteiger partial charge in [-0.15, -0.1) is 0 Å². The molecule has 0 saturated carbocycles. The second kappa shape index (κ2) is 14.6. The summed E-state index contributed by atoms with van der Waals surface area (Å²) in [6.45, 7) is 11.4. The molecule has 3 heteroatoms. The Morgan fingerprint density at radius 3 is 2.14 bits per heavy atom. The number of rotatable bonds is 7. The maximum absolute atomic E-state index is 3.97. The first-order valence-corrected chi connectivity index (χ1v) is 21.0. The first kappa shape index (κ1) is 36.6. The van der Waals surface area contributed by atoms with Gasteiger partial charge < -0.3 is 10.2 Å². The lowest BCUT2D eigenvalue weighted by Gasteiger charge is -2.39. The molecule has 0 spiro atoms. The molecule has 59 heavy (non-hydrogen) atoms. The molecule has 0 radical (unpaired) electrons. The second-order valence-corrected chi connectivity index (χ2v) is 16.8. The van der Waals surface area contributed by atoms with Crippen molar-refractivity contribution in [3.8, 4) is 44.5 Å². The van der Waals surface area contributed by atoms with Gasteiger partial charge in [-0.25, -0.2) is 0 Å². The van der Waals surface area contributed by atoms with Crippen LogP contribution < -0.4 is 21.1 Å². The number of anilines is 5. The molecule has 0 saturated heterocycles. The number of fused-ring (bicyclic) bond motifs is 4. The summed E-state index contributed by atoms with van der Waals surface area (Å²) in [5.74, 6) is 0. The Hall–Kier alpha value is -6.76. The summed E-state index contributed by atoms with van der Waals surface area (Å²) in [4.78, 5) is 2.58. The third-order valence-electron chi connectivity index (χ3n) is 12.8. The Morgan fingerprint density at radius 1 is 0.593 bits per heavy atom. The fourth-order valence-corrected chi connectivity index (χ4v) is 9.81. The summed E-state index contributed by atoms with van der Waals surface area (Å²) in [5.41, 5.74) is 24.7. The van der Waals surface area contributed by atoms with Crippen LogP contribution in [0.2, 0.25) is 0 Å². The molecular formula is C56H47BN2. The molecule has 8 aromatic carbocycles. The maximum atomic E-state index is 3.97. The second-order valence-electron chi connectivity index (χ2n) is 16.8. The van der Waals surface area contributed by atoms with E-state index in [-0.39, 0.29) is 5.41 Å². The standard InChI is InChI=1S/C56H47BN2/c1-6-19-39-33-52-49(35-45(39)42-25-13-11-21-37(42)3)57-54-46(44-27-18-29-48-55(44)58-50-30-16-15-28-47(50)56(48,4)5)32-40(41-24-12-10-20-36(41)2)34-53(54)59(52)51-31-17-14-26-43(51)38-22-8-7-9-23-38/h7-9,11-18,21-35,57-58H,6,19H2,1-5H3. The minimum atomic E-state index is -0.183. The lowest BCUT2D eigenvalue weighted by atomic mass is 9.57. The molecule has 2 nitrogen and oxygen atoms in total. The van der Waals surface area contributed by atoms with Crippen molar-refractivity contribution in [1.29, 1.82) is 0 Å². The molecule has 0 bridgehead atoms. The van der Waals surface area contributed by atoms with Crippen molar-refractivity contribution < 1.29 is 0 Å². The summed E-state index contributed by atoms with van der Waals surface area (Å²) in [6.07, 6.45) is 2.06. The van der Waals surface area contributed by atoms with E-state index in [9.17, 15) is 0 Å². The van der Waals surface area contributed by atoms with Crippen molar-refractivity contribution in [2.24, 2.45) is 0 Å². The van der Waals surface area contributed by atoms with Gasteiger partial charge in [-0.3, -0.25) is 0 Å². The molecule has 284 valence electrons. The highest BCUT2D eigenvalue weighted by molar-refractivity contribution is 6.73. The summed E-state index contributed by atoms with van der Waals surface area (Å²) in [6, 6.07) is 65.1. The first-order valence-electron chi connectivity index (χ1n) is 21.0. The van der Waals surface area contributed by atoms with E-state index in [0.717, 1.165) is 25.7 Å². The van der Waals surface area contributed by atoms with Crippen LogP contribution in [0.15, 0.2) is 158 Å². The van der Waals surface area contributed by atoms with E-state index in [1.165, 1.54) is 106 Å². The Kier molecular flexibility index (Phi) is 9.03. The van der Waals surface area contributed by atoms with Gasteiger partial charge >= 0.3 is 0 Å². The Labute approximate surface area is 350 Å². The molecular weight excluding hydrogens is 711 g/mol. The molecule has 2 aliphatic rings. The van der Waals surface area contributed by atoms with Crippen LogP contribution in [-0.2, 0) is 11.8 Å². The van der Waals surface area contributed by atoms with Crippen molar-refractivity contribution in [3.63, 3.8) is 0 Å². The quantitative estimate of drug-likeness (QED) is 0.163. The molecule has 2 heterocycles. The topological polar surface area (TPSA) is 15.3 Å². The predicted molar refractivity (Wildman–Crippen MR) is 252 cm³/mol. The van der Waals surface area contributed by atoms with Gasteiger partial charge in [0.2, 0.25) is 0 Å². The fraction of sp³-hybridized carbons (Fsp3) is 0.143. The Morgan fingerprint density at radius 2 is 1.32 bits per heavy atom. The minimum absolute atomic E-state index is 0.183. The van der Waals surface area contributed by atoms with Crippen LogP contribution in [0.5, 0.6) is 0 Å². The van der Waals surface area contributed by atoms with Crippen LogP contribution in [0, 0.1) is 26.0 Å². The summed E-state index contributed by atoms with van der Waals surface area (Å²) in [5, 5.41) is 3.97. The van der Waals surface area contributed by atoms with E-state index in [4.69, 9.17) is 0 Å². The van der Waals surface area contributed by atoms with Crippen LogP contribution in [0.1, 0.15) is 55.0 Å². The zero-order valence-corrected chi connectivity index (χ0v) is 34.6. The monoisotopic (exact) mass is 758 g/mol. The van der Waals surface area contributed by atoms with E-state index >= 15 is 0 Å². The molecule has 8 aromatic rings. The average molecular weight is 759 g/mol. The van der Waals surface area contributed by atoms with Crippen LogP contribution in [0.25, 0.3) is 44.5 Å². The molecule has 0 atom stereocenters. The molecule has 0 fully saturated rings. The van der Waals surface area contributed by atoms with Gasteiger partial charge in [0.25, 0.3) is 0 Å². The van der Waals surface area contributed by atoms with Gasteiger partial charge in [-0.2, -0.15) is 0 Å². The molecule has 0 aromatic heterocycles. The van der Waals surface area contributed by atoms with Crippen molar-refractivity contribution in [2.45, 2.75) is 52.9 Å². The highest BCUT2D eigenvalue weighted by atomic mass is 15.2. The number of para-hydroxylation sites is 3. The van der Waals surface area contributed by atoms with Gasteiger partial charge in [0, 0.05) is 39.2 Å². The Bertz CT molecular complexity index is 2910. The number of hydrogen-bond donors (Lipinski definition) is 1. The summed E-state index contributed by atoms with van der Waals surface area (Å²) in [7, 11) is 0.799. The highest BCUT2D eigenvalue weighted by Crippen LogP contribution is 2.50. The molecule has 0 amide bonds. The van der Waals surface area contributed by atoms with E-state index < -0.39 is 0 Å². The summed E-state index contributed by atoms with van der Waals surface area (Å²) >= 11 is 0. The van der Waals surface area contributed by atoms with Crippen molar-refractivity contribution >= 4 is 46.6 Å². The van der Waals surface area contributed by atoms with Crippen LogP contribution in [0.4, 0.5) is 28.4 Å². The van der Waals surface area contributed by atoms with Gasteiger partial charge in [-0.1, -0.05) is 160 Å². The zero-order chi connectivity index (χ0) is 40.3. The normalized spacial score (nSPS) is 13.2. The highest BCUT2D eigenvalue weighted by Gasteiger charge is 2.36. The summed E-state index contributed by atoms with van der Waals surface area (Å²) < 4.78 is 0. The number of nitrogens with one attached hydrogen (secondary N) is 1. The van der Waals surface area contributed by atoms with Crippen molar-refractivity contribution in [2.75, 3.05) is 10.2 Å². The van der Waals surface area contributed by atoms with E-state index in [1.807, 2.05) is 6.07 Å². The van der Waals surface area contributed by atoms with Crippen LogP contribution >= 0.6 is 0 Å². The van der Waals surface area contributed by atoms with E-state index in [2.05, 4.69) is 209 Å². The molecule has 2 aliphatic heterocycles. The van der Waals surface area contributed by atoms with Gasteiger partial charge in [0.1, 0.15) is 0 Å². The third kappa shape index (κ3) is 6.14. The zero-order valence-electron chi connectivity index (χ0n) is 34.6. The Balaban J connectivity index is 1.31. The van der Waals surface area contributed by atoms with Crippen molar-refractivity contribution in [1.82, 2.24) is 0 Å². The first-order chi connectivity index (χ1) is 28.8. The van der Waals surface area contributed by atoms with Gasteiger partial charge in [0.15, 0.2) is 7.28 Å². The number of hydrogen-bond acceptors (Lipinski definition) is 2. The number of nitrogens with zero attached hydrogens (tertiary/aromatic N) is 1. The average Bonchev–Trinajstić information content (AvgIpc) is 3.26. The van der Waals surface area contributed by atoms with Crippen LogP contribution in [-0.4, -0.2) is 7.28 Å². The molecule has 0 unspecified atom stereocenters. The van der Waals surface area contributed by atoms with E-state index in [0.29, 0.717) is 0 Å². The lowest BCUT2D eigenvalue weighted by molar-refractivity contribution is 0.638. The molecule has 1 N–H and O–H groups in total. The maximum Gasteiger partial charge on any atom is 0.198 e. The minimum Gasteiger partial charge on any atom is -0.355 e. The van der Waals surface area contributed by atoms with Gasteiger partial charge in [0.05, 0.1) is 11.4 Å². The van der Waals surface area contributed by atoms with Crippen molar-refractivity contribution in [3.05, 3.63) is 198 Å². The van der Waals surface area contributed by atoms with Crippen LogP contribution in [0.3, 0.4) is 0 Å². The van der Waals surface area contributed by atoms with Gasteiger partial charge in [-0.05, 0) is 124 Å².